The predicted octanol–water partition coefficient (Wildman–Crippen LogP) is 3.77. The second-order valence-corrected chi connectivity index (χ2v) is 6.48. The zero-order valence-corrected chi connectivity index (χ0v) is 13.4. The number of fused-ring (bicyclic) bond motifs is 2. The Morgan fingerprint density at radius 2 is 1.87 bits per heavy atom. The van der Waals surface area contributed by atoms with E-state index < -0.39 is 0 Å². The van der Waals surface area contributed by atoms with Gasteiger partial charge in [-0.05, 0) is 48.4 Å². The van der Waals surface area contributed by atoms with Crippen molar-refractivity contribution < 1.29 is 9.13 Å². The molecule has 2 aromatic rings. The molecule has 3 nitrogen and oxygen atoms in total. The van der Waals surface area contributed by atoms with Crippen LogP contribution in [0.15, 0.2) is 36.4 Å². The lowest BCUT2D eigenvalue weighted by atomic mass is 9.96. The minimum Gasteiger partial charge on any atom is -0.457 e. The molecule has 0 radical (unpaired) electrons. The van der Waals surface area contributed by atoms with Gasteiger partial charge in [-0.15, -0.1) is 0 Å². The Hall–Kier alpha value is -1.62. The first-order chi connectivity index (χ1) is 11.2. The van der Waals surface area contributed by atoms with Crippen molar-refractivity contribution in [2.45, 2.75) is 12.5 Å². The van der Waals surface area contributed by atoms with Gasteiger partial charge < -0.3 is 10.1 Å². The molecule has 0 spiro atoms. The molecule has 1 saturated heterocycles. The number of hydrogen-bond acceptors (Lipinski definition) is 3. The quantitative estimate of drug-likeness (QED) is 0.860. The third-order valence-electron chi connectivity index (χ3n) is 4.58. The first-order valence-corrected chi connectivity index (χ1v) is 8.29. The van der Waals surface area contributed by atoms with Gasteiger partial charge in [0.25, 0.3) is 0 Å². The molecule has 0 bridgehead atoms. The highest BCUT2D eigenvalue weighted by atomic mass is 35.5. The van der Waals surface area contributed by atoms with Crippen LogP contribution in [0.5, 0.6) is 11.5 Å². The molecule has 1 unspecified atom stereocenters. The predicted molar refractivity (Wildman–Crippen MR) is 88.8 cm³/mol. The second kappa shape index (κ2) is 6.11. The van der Waals surface area contributed by atoms with Crippen LogP contribution in [0.4, 0.5) is 4.39 Å². The molecule has 2 heterocycles. The molecule has 23 heavy (non-hydrogen) atoms. The molecule has 2 aromatic carbocycles. The van der Waals surface area contributed by atoms with E-state index in [1.807, 2.05) is 18.2 Å². The van der Waals surface area contributed by atoms with Crippen LogP contribution in [-0.4, -0.2) is 31.1 Å². The number of hydrogen-bond donors (Lipinski definition) is 1. The number of piperazine rings is 1. The van der Waals surface area contributed by atoms with Crippen molar-refractivity contribution in [3.8, 4) is 11.5 Å². The van der Waals surface area contributed by atoms with Crippen LogP contribution in [0.3, 0.4) is 0 Å². The Kier molecular flexibility index (Phi) is 3.97. The smallest absolute Gasteiger partial charge is 0.132 e. The zero-order valence-electron chi connectivity index (χ0n) is 12.7. The van der Waals surface area contributed by atoms with Gasteiger partial charge in [0.2, 0.25) is 0 Å². The SMILES string of the molecule is Fc1ccc2c(c1)C(N1CCNCC1)Cc1cc(Cl)ccc1O2. The van der Waals surface area contributed by atoms with Crippen molar-refractivity contribution in [1.82, 2.24) is 10.2 Å². The van der Waals surface area contributed by atoms with Gasteiger partial charge in [-0.25, -0.2) is 4.39 Å². The molecule has 1 fully saturated rings. The molecule has 120 valence electrons. The Bertz CT molecular complexity index is 731. The van der Waals surface area contributed by atoms with E-state index in [9.17, 15) is 4.39 Å². The molecule has 1 atom stereocenters. The first-order valence-electron chi connectivity index (χ1n) is 7.91. The van der Waals surface area contributed by atoms with Gasteiger partial charge in [0.1, 0.15) is 17.3 Å². The fraction of sp³-hybridized carbons (Fsp3) is 0.333. The van der Waals surface area contributed by atoms with Crippen molar-refractivity contribution in [2.75, 3.05) is 26.2 Å². The summed E-state index contributed by atoms with van der Waals surface area (Å²) in [6, 6.07) is 10.6. The second-order valence-electron chi connectivity index (χ2n) is 6.04. The molecule has 2 aliphatic rings. The number of halogens is 2. The fourth-order valence-electron chi connectivity index (χ4n) is 3.44. The normalized spacial score (nSPS) is 21.0. The maximum atomic E-state index is 13.9. The molecule has 0 aliphatic carbocycles. The van der Waals surface area contributed by atoms with E-state index in [2.05, 4.69) is 10.2 Å². The van der Waals surface area contributed by atoms with Crippen LogP contribution in [0.2, 0.25) is 5.02 Å². The van der Waals surface area contributed by atoms with E-state index in [0.717, 1.165) is 55.2 Å². The average Bonchev–Trinajstić information content (AvgIpc) is 2.72. The molecular weight excluding hydrogens is 315 g/mol. The third-order valence-corrected chi connectivity index (χ3v) is 4.81. The van der Waals surface area contributed by atoms with Crippen LogP contribution in [0.1, 0.15) is 17.2 Å². The Labute approximate surface area is 140 Å². The van der Waals surface area contributed by atoms with E-state index in [0.29, 0.717) is 5.02 Å². The van der Waals surface area contributed by atoms with Crippen molar-refractivity contribution in [1.29, 1.82) is 0 Å². The Morgan fingerprint density at radius 3 is 2.70 bits per heavy atom. The van der Waals surface area contributed by atoms with Gasteiger partial charge in [-0.3, -0.25) is 4.90 Å². The van der Waals surface area contributed by atoms with Crippen LogP contribution in [0.25, 0.3) is 0 Å². The highest BCUT2D eigenvalue weighted by molar-refractivity contribution is 6.30. The van der Waals surface area contributed by atoms with E-state index in [1.54, 1.807) is 12.1 Å². The summed E-state index contributed by atoms with van der Waals surface area (Å²) in [4.78, 5) is 2.40. The molecule has 0 amide bonds. The number of nitrogens with zero attached hydrogens (tertiary/aromatic N) is 1. The van der Waals surface area contributed by atoms with Crippen LogP contribution in [-0.2, 0) is 6.42 Å². The molecule has 1 N–H and O–H groups in total. The van der Waals surface area contributed by atoms with Gasteiger partial charge in [0.15, 0.2) is 0 Å². The zero-order chi connectivity index (χ0) is 15.8. The molecule has 4 rings (SSSR count). The van der Waals surface area contributed by atoms with Crippen molar-refractivity contribution >= 4 is 11.6 Å². The average molecular weight is 333 g/mol. The van der Waals surface area contributed by atoms with Gasteiger partial charge >= 0.3 is 0 Å². The van der Waals surface area contributed by atoms with Crippen LogP contribution < -0.4 is 10.1 Å². The number of nitrogens with one attached hydrogen (secondary N) is 1. The standard InChI is InChI=1S/C18H18ClFN2O/c19-13-1-3-17-12(9-13)10-16(22-7-5-21-6-8-22)15-11-14(20)2-4-18(15)23-17/h1-4,9,11,16,21H,5-8,10H2. The number of rotatable bonds is 1. The fourth-order valence-corrected chi connectivity index (χ4v) is 3.63. The summed E-state index contributed by atoms with van der Waals surface area (Å²) in [5.74, 6) is 1.31. The van der Waals surface area contributed by atoms with E-state index >= 15 is 0 Å². The number of ether oxygens (including phenoxy) is 1. The maximum Gasteiger partial charge on any atom is 0.132 e. The highest BCUT2D eigenvalue weighted by Gasteiger charge is 2.29. The van der Waals surface area contributed by atoms with Gasteiger partial charge in [0, 0.05) is 42.8 Å². The summed E-state index contributed by atoms with van der Waals surface area (Å²) in [5, 5.41) is 4.06. The minimum atomic E-state index is -0.225. The minimum absolute atomic E-state index is 0.0996. The monoisotopic (exact) mass is 332 g/mol. The topological polar surface area (TPSA) is 24.5 Å². The third kappa shape index (κ3) is 2.94. The summed E-state index contributed by atoms with van der Waals surface area (Å²) < 4.78 is 19.9. The summed E-state index contributed by atoms with van der Waals surface area (Å²) in [6.07, 6.45) is 0.770. The summed E-state index contributed by atoms with van der Waals surface area (Å²) in [6.45, 7) is 3.78. The van der Waals surface area contributed by atoms with E-state index in [1.165, 1.54) is 6.07 Å². The maximum absolute atomic E-state index is 13.9. The number of benzene rings is 2. The molecule has 5 heteroatoms. The van der Waals surface area contributed by atoms with Crippen molar-refractivity contribution in [3.63, 3.8) is 0 Å². The van der Waals surface area contributed by atoms with Gasteiger partial charge in [-0.2, -0.15) is 0 Å². The van der Waals surface area contributed by atoms with E-state index in [4.69, 9.17) is 16.3 Å². The lowest BCUT2D eigenvalue weighted by Crippen LogP contribution is -2.45. The van der Waals surface area contributed by atoms with Crippen molar-refractivity contribution in [2.24, 2.45) is 0 Å². The molecule has 0 saturated carbocycles. The molecule has 2 aliphatic heterocycles. The lowest BCUT2D eigenvalue weighted by molar-refractivity contribution is 0.172. The van der Waals surface area contributed by atoms with Crippen LogP contribution in [0, 0.1) is 5.82 Å². The van der Waals surface area contributed by atoms with Crippen LogP contribution >= 0.6 is 11.6 Å². The lowest BCUT2D eigenvalue weighted by Gasteiger charge is -2.35. The highest BCUT2D eigenvalue weighted by Crippen LogP contribution is 2.41. The van der Waals surface area contributed by atoms with Gasteiger partial charge in [0.05, 0.1) is 0 Å². The van der Waals surface area contributed by atoms with E-state index in [-0.39, 0.29) is 11.9 Å². The van der Waals surface area contributed by atoms with Crippen molar-refractivity contribution in [3.05, 3.63) is 58.4 Å². The summed E-state index contributed by atoms with van der Waals surface area (Å²) in [7, 11) is 0. The first kappa shape index (κ1) is 14.9. The summed E-state index contributed by atoms with van der Waals surface area (Å²) >= 11 is 6.16. The molecular formula is C18H18ClFN2O. The summed E-state index contributed by atoms with van der Waals surface area (Å²) in [5.41, 5.74) is 1.98. The molecule has 0 aromatic heterocycles. The Morgan fingerprint density at radius 1 is 1.09 bits per heavy atom. The Balaban J connectivity index is 1.81. The largest absolute Gasteiger partial charge is 0.457 e. The van der Waals surface area contributed by atoms with Gasteiger partial charge in [-0.1, -0.05) is 11.6 Å².